The van der Waals surface area contributed by atoms with Crippen LogP contribution in [0.5, 0.6) is 0 Å². The molecule has 0 aromatic rings. The molecule has 1 nitrogen and oxygen atoms in total. The fraction of sp³-hybridized carbons (Fsp3) is 0.643. The summed E-state index contributed by atoms with van der Waals surface area (Å²) in [6, 6.07) is 0. The molecule has 1 unspecified atom stereocenters. The van der Waals surface area contributed by atoms with Crippen molar-refractivity contribution < 1.29 is 0 Å². The maximum absolute atomic E-state index is 4.66. The molecular formula is C14H23N. The first-order valence-electron chi connectivity index (χ1n) is 5.95. The van der Waals surface area contributed by atoms with E-state index in [0.717, 1.165) is 19.3 Å². The lowest BCUT2D eigenvalue weighted by Gasteiger charge is -2.18. The van der Waals surface area contributed by atoms with Crippen LogP contribution in [0.1, 0.15) is 46.5 Å². The third-order valence-corrected chi connectivity index (χ3v) is 2.64. The minimum atomic E-state index is 0.0632. The number of hydrogen-bond acceptors (Lipinski definition) is 1. The molecule has 0 fully saturated rings. The monoisotopic (exact) mass is 205 g/mol. The molecule has 0 N–H and O–H groups in total. The second-order valence-electron chi connectivity index (χ2n) is 5.03. The molecule has 1 aliphatic rings. The van der Waals surface area contributed by atoms with Crippen molar-refractivity contribution in [2.45, 2.75) is 52.0 Å². The van der Waals surface area contributed by atoms with Crippen molar-refractivity contribution >= 4 is 6.21 Å². The smallest absolute Gasteiger partial charge is 0.0582 e. The van der Waals surface area contributed by atoms with E-state index in [4.69, 9.17) is 0 Å². The van der Waals surface area contributed by atoms with E-state index in [1.807, 2.05) is 0 Å². The SMILES string of the molecule is CC1C=NC(C)(C)CC=CCCC=CC1. The minimum Gasteiger partial charge on any atom is -0.291 e. The van der Waals surface area contributed by atoms with E-state index in [2.05, 4.69) is 56.3 Å². The second-order valence-corrected chi connectivity index (χ2v) is 5.03. The van der Waals surface area contributed by atoms with Gasteiger partial charge < -0.3 is 0 Å². The van der Waals surface area contributed by atoms with Gasteiger partial charge in [0.2, 0.25) is 0 Å². The fourth-order valence-electron chi connectivity index (χ4n) is 1.55. The molecule has 1 heterocycles. The van der Waals surface area contributed by atoms with Gasteiger partial charge in [0.25, 0.3) is 0 Å². The summed E-state index contributed by atoms with van der Waals surface area (Å²) in [7, 11) is 0. The van der Waals surface area contributed by atoms with Gasteiger partial charge >= 0.3 is 0 Å². The van der Waals surface area contributed by atoms with E-state index in [0.29, 0.717) is 5.92 Å². The van der Waals surface area contributed by atoms with Crippen molar-refractivity contribution in [2.75, 3.05) is 0 Å². The summed E-state index contributed by atoms with van der Waals surface area (Å²) in [5, 5.41) is 0. The number of rotatable bonds is 0. The largest absolute Gasteiger partial charge is 0.291 e. The lowest BCUT2D eigenvalue weighted by Crippen LogP contribution is -2.16. The lowest BCUT2D eigenvalue weighted by molar-refractivity contribution is 0.528. The van der Waals surface area contributed by atoms with Crippen molar-refractivity contribution in [3.8, 4) is 0 Å². The predicted molar refractivity (Wildman–Crippen MR) is 68.5 cm³/mol. The highest BCUT2D eigenvalue weighted by Crippen LogP contribution is 2.16. The van der Waals surface area contributed by atoms with Crippen LogP contribution >= 0.6 is 0 Å². The molecule has 0 spiro atoms. The van der Waals surface area contributed by atoms with E-state index in [1.165, 1.54) is 6.42 Å². The highest BCUT2D eigenvalue weighted by molar-refractivity contribution is 5.61. The van der Waals surface area contributed by atoms with Crippen LogP contribution in [0.15, 0.2) is 29.3 Å². The maximum atomic E-state index is 4.66. The first kappa shape index (κ1) is 12.2. The van der Waals surface area contributed by atoms with Gasteiger partial charge in [-0.1, -0.05) is 31.2 Å². The molecule has 0 aromatic carbocycles. The molecular weight excluding hydrogens is 182 g/mol. The Morgan fingerprint density at radius 1 is 1.07 bits per heavy atom. The second kappa shape index (κ2) is 5.89. The molecule has 0 radical (unpaired) electrons. The highest BCUT2D eigenvalue weighted by Gasteiger charge is 2.13. The van der Waals surface area contributed by atoms with Crippen LogP contribution in [0.2, 0.25) is 0 Å². The van der Waals surface area contributed by atoms with Crippen molar-refractivity contribution in [3.05, 3.63) is 24.3 Å². The van der Waals surface area contributed by atoms with Crippen LogP contribution < -0.4 is 0 Å². The Balaban J connectivity index is 2.66. The standard InChI is InChI=1S/C14H23N/c1-13-10-8-6-4-5-7-9-11-14(2,3)15-12-13/h6-9,12-13H,4-5,10-11H2,1-3H3. The summed E-state index contributed by atoms with van der Waals surface area (Å²) in [5.41, 5.74) is 0.0632. The zero-order valence-electron chi connectivity index (χ0n) is 10.2. The van der Waals surface area contributed by atoms with E-state index < -0.39 is 0 Å². The van der Waals surface area contributed by atoms with Gasteiger partial charge in [0.15, 0.2) is 0 Å². The van der Waals surface area contributed by atoms with Crippen LogP contribution in [-0.4, -0.2) is 11.8 Å². The predicted octanol–water partition coefficient (Wildman–Crippen LogP) is 4.16. The van der Waals surface area contributed by atoms with Crippen molar-refractivity contribution in [1.29, 1.82) is 0 Å². The summed E-state index contributed by atoms with van der Waals surface area (Å²) in [6.45, 7) is 6.62. The number of aliphatic imine (C=N–C) groups is 1. The average Bonchev–Trinajstić information content (AvgIpc) is 2.17. The van der Waals surface area contributed by atoms with Crippen LogP contribution in [0.3, 0.4) is 0 Å². The summed E-state index contributed by atoms with van der Waals surface area (Å²) in [6.07, 6.45) is 15.7. The molecule has 1 aliphatic heterocycles. The number of nitrogens with zero attached hydrogens (tertiary/aromatic N) is 1. The molecule has 0 saturated carbocycles. The van der Waals surface area contributed by atoms with Gasteiger partial charge in [0, 0.05) is 6.21 Å². The van der Waals surface area contributed by atoms with Crippen LogP contribution in [0.4, 0.5) is 0 Å². The molecule has 15 heavy (non-hydrogen) atoms. The van der Waals surface area contributed by atoms with Gasteiger partial charge in [-0.05, 0) is 45.4 Å². The zero-order valence-corrected chi connectivity index (χ0v) is 10.2. The van der Waals surface area contributed by atoms with Crippen molar-refractivity contribution in [2.24, 2.45) is 10.9 Å². The summed E-state index contributed by atoms with van der Waals surface area (Å²) >= 11 is 0. The molecule has 0 saturated heterocycles. The third-order valence-electron chi connectivity index (χ3n) is 2.64. The van der Waals surface area contributed by atoms with Crippen LogP contribution in [0.25, 0.3) is 0 Å². The summed E-state index contributed by atoms with van der Waals surface area (Å²) in [4.78, 5) is 4.66. The van der Waals surface area contributed by atoms with E-state index in [9.17, 15) is 0 Å². The molecule has 84 valence electrons. The quantitative estimate of drug-likeness (QED) is 0.527. The van der Waals surface area contributed by atoms with Crippen LogP contribution in [-0.2, 0) is 0 Å². The Hall–Kier alpha value is -0.850. The molecule has 1 atom stereocenters. The van der Waals surface area contributed by atoms with Crippen LogP contribution in [0, 0.1) is 5.92 Å². The van der Waals surface area contributed by atoms with Gasteiger partial charge in [-0.15, -0.1) is 0 Å². The normalized spacial score (nSPS) is 27.0. The first-order valence-corrected chi connectivity index (χ1v) is 5.95. The van der Waals surface area contributed by atoms with E-state index in [1.54, 1.807) is 0 Å². The molecule has 0 aliphatic carbocycles. The number of allylic oxidation sites excluding steroid dienone is 3. The lowest BCUT2D eigenvalue weighted by atomic mass is 10.00. The fourth-order valence-corrected chi connectivity index (χ4v) is 1.55. The highest BCUT2D eigenvalue weighted by atomic mass is 14.8. The first-order chi connectivity index (χ1) is 7.10. The van der Waals surface area contributed by atoms with Gasteiger partial charge in [-0.2, -0.15) is 0 Å². The van der Waals surface area contributed by atoms with Gasteiger partial charge in [0.05, 0.1) is 5.54 Å². The van der Waals surface area contributed by atoms with Gasteiger partial charge in [-0.25, -0.2) is 0 Å². The maximum Gasteiger partial charge on any atom is 0.0582 e. The van der Waals surface area contributed by atoms with Gasteiger partial charge in [-0.3, -0.25) is 4.99 Å². The van der Waals surface area contributed by atoms with Crippen molar-refractivity contribution in [1.82, 2.24) is 0 Å². The van der Waals surface area contributed by atoms with Crippen molar-refractivity contribution in [3.63, 3.8) is 0 Å². The number of hydrogen-bond donors (Lipinski definition) is 0. The Bertz CT molecular complexity index is 259. The zero-order chi connectivity index (χ0) is 11.1. The molecule has 1 rings (SSSR count). The Morgan fingerprint density at radius 3 is 2.47 bits per heavy atom. The Morgan fingerprint density at radius 2 is 1.73 bits per heavy atom. The molecule has 1 heteroatoms. The van der Waals surface area contributed by atoms with E-state index >= 15 is 0 Å². The summed E-state index contributed by atoms with van der Waals surface area (Å²) in [5.74, 6) is 0.559. The topological polar surface area (TPSA) is 12.4 Å². The Labute approximate surface area is 94.0 Å². The average molecular weight is 205 g/mol. The molecule has 0 amide bonds. The van der Waals surface area contributed by atoms with E-state index in [-0.39, 0.29) is 5.54 Å². The van der Waals surface area contributed by atoms with Gasteiger partial charge in [0.1, 0.15) is 0 Å². The minimum absolute atomic E-state index is 0.0632. The summed E-state index contributed by atoms with van der Waals surface area (Å²) < 4.78 is 0. The Kier molecular flexibility index (Phi) is 4.80. The third kappa shape index (κ3) is 5.56. The molecule has 0 aromatic heterocycles. The molecule has 0 bridgehead atoms.